The van der Waals surface area contributed by atoms with Crippen molar-refractivity contribution >= 4 is 29.9 Å². The molecule has 3 rings (SSSR count). The van der Waals surface area contributed by atoms with Gasteiger partial charge in [0.1, 0.15) is 0 Å². The Hall–Kier alpha value is -1.63. The third-order valence-corrected chi connectivity index (χ3v) is 5.22. The average molecular weight is 395 g/mol. The fourth-order valence-electron chi connectivity index (χ4n) is 3.68. The van der Waals surface area contributed by atoms with Crippen LogP contribution in [0.25, 0.3) is 0 Å². The Labute approximate surface area is 168 Å². The quantitative estimate of drug-likeness (QED) is 0.734. The molecule has 27 heavy (non-hydrogen) atoms. The van der Waals surface area contributed by atoms with Crippen LogP contribution in [0.15, 0.2) is 24.3 Å². The fraction of sp³-hybridized carbons (Fsp3) is 0.600. The van der Waals surface area contributed by atoms with Crippen molar-refractivity contribution in [2.75, 3.05) is 50.7 Å². The topological polar surface area (TPSA) is 64.7 Å². The Morgan fingerprint density at radius 2 is 1.93 bits per heavy atom. The molecule has 0 spiro atoms. The Morgan fingerprint density at radius 3 is 2.59 bits per heavy atom. The summed E-state index contributed by atoms with van der Waals surface area (Å²) in [6, 6.07) is 8.14. The Bertz CT molecular complexity index is 617. The third-order valence-electron chi connectivity index (χ3n) is 5.22. The van der Waals surface area contributed by atoms with Gasteiger partial charge in [0, 0.05) is 57.9 Å². The maximum atomic E-state index is 12.4. The molecule has 2 heterocycles. The minimum Gasteiger partial charge on any atom is -0.355 e. The second-order valence-electron chi connectivity index (χ2n) is 7.20. The molecule has 0 saturated carbocycles. The minimum absolute atomic E-state index is 0. The van der Waals surface area contributed by atoms with E-state index >= 15 is 0 Å². The summed E-state index contributed by atoms with van der Waals surface area (Å²) in [5, 5.41) is 6.33. The lowest BCUT2D eigenvalue weighted by Gasteiger charge is -2.27. The van der Waals surface area contributed by atoms with Crippen LogP contribution in [0.2, 0.25) is 0 Å². The molecule has 0 radical (unpaired) electrons. The van der Waals surface area contributed by atoms with E-state index in [0.717, 1.165) is 51.3 Å². The predicted octanol–water partition coefficient (Wildman–Crippen LogP) is 1.44. The molecule has 6 nitrogen and oxygen atoms in total. The molecular formula is C20H31ClN4O2. The molecular weight excluding hydrogens is 364 g/mol. The van der Waals surface area contributed by atoms with Gasteiger partial charge in [-0.1, -0.05) is 25.5 Å². The number of anilines is 1. The number of aryl methyl sites for hydroxylation is 1. The highest BCUT2D eigenvalue weighted by molar-refractivity contribution is 6.00. The van der Waals surface area contributed by atoms with Crippen molar-refractivity contribution in [2.45, 2.75) is 26.2 Å². The van der Waals surface area contributed by atoms with E-state index in [1.807, 2.05) is 12.1 Å². The van der Waals surface area contributed by atoms with Crippen molar-refractivity contribution in [3.05, 3.63) is 29.8 Å². The SMILES string of the molecule is CCCc1ccc(N2CC(C(=O)NCCN3CCNCC3)CC2=O)cc1.Cl. The number of rotatable bonds is 7. The highest BCUT2D eigenvalue weighted by Gasteiger charge is 2.34. The molecule has 0 aromatic heterocycles. The van der Waals surface area contributed by atoms with Gasteiger partial charge in [-0.3, -0.25) is 14.5 Å². The zero-order valence-corrected chi connectivity index (χ0v) is 16.9. The Balaban J connectivity index is 0.00000261. The summed E-state index contributed by atoms with van der Waals surface area (Å²) in [7, 11) is 0. The number of carbonyl (C=O) groups is 2. The average Bonchev–Trinajstić information content (AvgIpc) is 3.05. The minimum atomic E-state index is -0.249. The number of carbonyl (C=O) groups excluding carboxylic acids is 2. The van der Waals surface area contributed by atoms with Crippen molar-refractivity contribution in [1.29, 1.82) is 0 Å². The maximum Gasteiger partial charge on any atom is 0.227 e. The lowest BCUT2D eigenvalue weighted by Crippen LogP contribution is -2.46. The van der Waals surface area contributed by atoms with Crippen LogP contribution in [-0.2, 0) is 16.0 Å². The van der Waals surface area contributed by atoms with Gasteiger partial charge < -0.3 is 15.5 Å². The first-order valence-corrected chi connectivity index (χ1v) is 9.77. The second-order valence-corrected chi connectivity index (χ2v) is 7.20. The molecule has 1 atom stereocenters. The van der Waals surface area contributed by atoms with E-state index in [0.29, 0.717) is 19.5 Å². The zero-order valence-electron chi connectivity index (χ0n) is 16.1. The van der Waals surface area contributed by atoms with Crippen molar-refractivity contribution in [3.8, 4) is 0 Å². The summed E-state index contributed by atoms with van der Waals surface area (Å²) < 4.78 is 0. The monoisotopic (exact) mass is 394 g/mol. The van der Waals surface area contributed by atoms with Crippen molar-refractivity contribution in [1.82, 2.24) is 15.5 Å². The number of hydrogen-bond donors (Lipinski definition) is 2. The third kappa shape index (κ3) is 5.92. The van der Waals surface area contributed by atoms with Gasteiger partial charge >= 0.3 is 0 Å². The van der Waals surface area contributed by atoms with E-state index in [1.54, 1.807) is 4.90 Å². The van der Waals surface area contributed by atoms with Gasteiger partial charge in [-0.15, -0.1) is 12.4 Å². The molecule has 0 aliphatic carbocycles. The number of nitrogens with one attached hydrogen (secondary N) is 2. The van der Waals surface area contributed by atoms with Gasteiger partial charge in [0.15, 0.2) is 0 Å². The molecule has 1 unspecified atom stereocenters. The molecule has 2 amide bonds. The molecule has 1 aromatic rings. The van der Waals surface area contributed by atoms with Crippen molar-refractivity contribution < 1.29 is 9.59 Å². The van der Waals surface area contributed by atoms with Gasteiger partial charge in [0.05, 0.1) is 5.92 Å². The number of nitrogens with zero attached hydrogens (tertiary/aromatic N) is 2. The van der Waals surface area contributed by atoms with Gasteiger partial charge in [0.25, 0.3) is 0 Å². The van der Waals surface area contributed by atoms with Crippen LogP contribution in [0.3, 0.4) is 0 Å². The van der Waals surface area contributed by atoms with Crippen LogP contribution >= 0.6 is 12.4 Å². The predicted molar refractivity (Wildman–Crippen MR) is 110 cm³/mol. The molecule has 2 saturated heterocycles. The lowest BCUT2D eigenvalue weighted by atomic mass is 10.1. The summed E-state index contributed by atoms with van der Waals surface area (Å²) in [4.78, 5) is 28.9. The van der Waals surface area contributed by atoms with Crippen LogP contribution in [0.5, 0.6) is 0 Å². The van der Waals surface area contributed by atoms with Gasteiger partial charge in [-0.2, -0.15) is 0 Å². The summed E-state index contributed by atoms with van der Waals surface area (Å²) in [6.45, 7) is 8.23. The standard InChI is InChI=1S/C20H30N4O2.ClH/c1-2-3-16-4-6-18(7-5-16)24-15-17(14-19(24)25)20(26)22-10-13-23-11-8-21-9-12-23;/h4-7,17,21H,2-3,8-15H2,1H3,(H,22,26);1H. The summed E-state index contributed by atoms with van der Waals surface area (Å²) in [6.07, 6.45) is 2.46. The first-order chi connectivity index (χ1) is 12.7. The van der Waals surface area contributed by atoms with Gasteiger partial charge in [-0.25, -0.2) is 0 Å². The fourth-order valence-corrected chi connectivity index (χ4v) is 3.68. The van der Waals surface area contributed by atoms with E-state index in [2.05, 4.69) is 34.6 Å². The molecule has 150 valence electrons. The first kappa shape index (κ1) is 21.7. The summed E-state index contributed by atoms with van der Waals surface area (Å²) in [5.74, 6) is -0.213. The molecule has 0 bridgehead atoms. The number of benzene rings is 1. The summed E-state index contributed by atoms with van der Waals surface area (Å²) >= 11 is 0. The van der Waals surface area contributed by atoms with Gasteiger partial charge in [0.2, 0.25) is 11.8 Å². The smallest absolute Gasteiger partial charge is 0.227 e. The number of amides is 2. The van der Waals surface area contributed by atoms with E-state index in [-0.39, 0.29) is 30.1 Å². The molecule has 2 aliphatic rings. The van der Waals surface area contributed by atoms with Crippen LogP contribution in [0.1, 0.15) is 25.3 Å². The second kappa shape index (κ2) is 10.6. The molecule has 7 heteroatoms. The normalized spacial score (nSPS) is 20.4. The van der Waals surface area contributed by atoms with Crippen LogP contribution < -0.4 is 15.5 Å². The van der Waals surface area contributed by atoms with Crippen molar-refractivity contribution in [3.63, 3.8) is 0 Å². The number of hydrogen-bond acceptors (Lipinski definition) is 4. The number of piperazine rings is 1. The van der Waals surface area contributed by atoms with Gasteiger partial charge in [-0.05, 0) is 24.1 Å². The maximum absolute atomic E-state index is 12.4. The zero-order chi connectivity index (χ0) is 18.4. The van der Waals surface area contributed by atoms with E-state index < -0.39 is 0 Å². The van der Waals surface area contributed by atoms with E-state index in [4.69, 9.17) is 0 Å². The summed E-state index contributed by atoms with van der Waals surface area (Å²) in [5.41, 5.74) is 2.18. The Morgan fingerprint density at radius 1 is 1.22 bits per heavy atom. The van der Waals surface area contributed by atoms with Crippen LogP contribution in [-0.4, -0.2) is 62.5 Å². The molecule has 2 fully saturated rings. The molecule has 2 aliphatic heterocycles. The van der Waals surface area contributed by atoms with Crippen LogP contribution in [0, 0.1) is 5.92 Å². The van der Waals surface area contributed by atoms with Crippen LogP contribution in [0.4, 0.5) is 5.69 Å². The number of halogens is 1. The molecule has 2 N–H and O–H groups in total. The Kier molecular flexibility index (Phi) is 8.54. The molecule has 1 aromatic carbocycles. The van der Waals surface area contributed by atoms with E-state index in [9.17, 15) is 9.59 Å². The highest BCUT2D eigenvalue weighted by atomic mass is 35.5. The first-order valence-electron chi connectivity index (χ1n) is 9.77. The largest absolute Gasteiger partial charge is 0.355 e. The lowest BCUT2D eigenvalue weighted by molar-refractivity contribution is -0.126. The van der Waals surface area contributed by atoms with Crippen molar-refractivity contribution in [2.24, 2.45) is 5.92 Å². The highest BCUT2D eigenvalue weighted by Crippen LogP contribution is 2.25. The van der Waals surface area contributed by atoms with E-state index in [1.165, 1.54) is 5.56 Å².